The maximum Gasteiger partial charge on any atom is 0.240 e. The first-order valence-corrected chi connectivity index (χ1v) is 6.23. The van der Waals surface area contributed by atoms with Gasteiger partial charge in [-0.15, -0.1) is 0 Å². The number of anilines is 1. The fourth-order valence-electron chi connectivity index (χ4n) is 3.39. The van der Waals surface area contributed by atoms with Crippen molar-refractivity contribution >= 4 is 11.6 Å². The first kappa shape index (κ1) is 10.8. The van der Waals surface area contributed by atoms with Gasteiger partial charge in [0, 0.05) is 12.7 Å². The van der Waals surface area contributed by atoms with E-state index in [0.717, 1.165) is 36.9 Å². The molecule has 0 saturated heterocycles. The van der Waals surface area contributed by atoms with Crippen LogP contribution in [0.2, 0.25) is 0 Å². The lowest BCUT2D eigenvalue weighted by molar-refractivity contribution is -0.128. The number of rotatable bonds is 0. The van der Waals surface area contributed by atoms with E-state index in [4.69, 9.17) is 0 Å². The number of fused-ring (bicyclic) bond motifs is 2. The van der Waals surface area contributed by atoms with Crippen molar-refractivity contribution in [3.63, 3.8) is 0 Å². The van der Waals surface area contributed by atoms with Crippen LogP contribution in [0.4, 0.5) is 5.69 Å². The molecule has 3 nitrogen and oxygen atoms in total. The zero-order chi connectivity index (χ0) is 12.0. The predicted octanol–water partition coefficient (Wildman–Crippen LogP) is 1.84. The summed E-state index contributed by atoms with van der Waals surface area (Å²) >= 11 is 0. The molecule has 1 fully saturated rings. The first-order valence-electron chi connectivity index (χ1n) is 6.23. The van der Waals surface area contributed by atoms with Crippen molar-refractivity contribution in [3.05, 3.63) is 29.8 Å². The van der Waals surface area contributed by atoms with E-state index >= 15 is 0 Å². The summed E-state index contributed by atoms with van der Waals surface area (Å²) in [6.45, 7) is 0. The van der Waals surface area contributed by atoms with Crippen LogP contribution in [0, 0.1) is 0 Å². The average Bonchev–Trinajstić information content (AvgIpc) is 2.57. The van der Waals surface area contributed by atoms with Gasteiger partial charge in [-0.1, -0.05) is 31.0 Å². The largest absolute Gasteiger partial charge is 0.392 e. The van der Waals surface area contributed by atoms with E-state index in [1.807, 2.05) is 24.3 Å². The van der Waals surface area contributed by atoms with Crippen LogP contribution in [0.3, 0.4) is 0 Å². The van der Waals surface area contributed by atoms with Crippen LogP contribution in [-0.4, -0.2) is 24.2 Å². The van der Waals surface area contributed by atoms with Gasteiger partial charge in [-0.05, 0) is 24.5 Å². The Hall–Kier alpha value is -1.35. The van der Waals surface area contributed by atoms with E-state index < -0.39 is 11.5 Å². The summed E-state index contributed by atoms with van der Waals surface area (Å²) in [7, 11) is 1.80. The van der Waals surface area contributed by atoms with E-state index in [0.29, 0.717) is 0 Å². The Labute approximate surface area is 101 Å². The summed E-state index contributed by atoms with van der Waals surface area (Å²) in [6, 6.07) is 7.85. The molecule has 1 N–H and O–H groups in total. The van der Waals surface area contributed by atoms with E-state index in [1.165, 1.54) is 0 Å². The molecule has 1 aliphatic carbocycles. The van der Waals surface area contributed by atoms with Crippen LogP contribution >= 0.6 is 0 Å². The van der Waals surface area contributed by atoms with E-state index in [2.05, 4.69) is 0 Å². The zero-order valence-electron chi connectivity index (χ0n) is 10.0. The summed E-state index contributed by atoms with van der Waals surface area (Å²) in [6.07, 6.45) is 3.00. The van der Waals surface area contributed by atoms with Gasteiger partial charge in [0.15, 0.2) is 0 Å². The quantitative estimate of drug-likeness (QED) is 0.740. The highest BCUT2D eigenvalue weighted by Crippen LogP contribution is 2.49. The number of hydrogen-bond acceptors (Lipinski definition) is 2. The molecular formula is C14H17NO2. The fraction of sp³-hybridized carbons (Fsp3) is 0.500. The highest BCUT2D eigenvalue weighted by Gasteiger charge is 2.54. The van der Waals surface area contributed by atoms with Crippen molar-refractivity contribution in [2.45, 2.75) is 37.2 Å². The second kappa shape index (κ2) is 3.57. The molecule has 1 unspecified atom stereocenters. The molecule has 1 amide bonds. The molecule has 1 aliphatic heterocycles. The van der Waals surface area contributed by atoms with Crippen LogP contribution in [0.15, 0.2) is 24.3 Å². The minimum atomic E-state index is -0.663. The lowest BCUT2D eigenvalue weighted by Gasteiger charge is -2.37. The molecule has 90 valence electrons. The number of hydrogen-bond donors (Lipinski definition) is 1. The van der Waals surface area contributed by atoms with Crippen molar-refractivity contribution < 1.29 is 9.90 Å². The monoisotopic (exact) mass is 231 g/mol. The first-order chi connectivity index (χ1) is 8.18. The van der Waals surface area contributed by atoms with Gasteiger partial charge in [0.1, 0.15) is 5.41 Å². The summed E-state index contributed by atoms with van der Waals surface area (Å²) in [4.78, 5) is 14.2. The Morgan fingerprint density at radius 2 is 2.12 bits per heavy atom. The Balaban J connectivity index is 2.20. The molecule has 0 aromatic heterocycles. The maximum absolute atomic E-state index is 12.5. The van der Waals surface area contributed by atoms with Gasteiger partial charge in [-0.2, -0.15) is 0 Å². The third kappa shape index (κ3) is 1.23. The topological polar surface area (TPSA) is 40.5 Å². The number of para-hydroxylation sites is 1. The van der Waals surface area contributed by atoms with Gasteiger partial charge in [0.2, 0.25) is 5.91 Å². The van der Waals surface area contributed by atoms with E-state index in [9.17, 15) is 9.90 Å². The SMILES string of the molecule is CN1C(=O)C2(CCCC[C@@H]2O)c2ccccc21. The molecule has 3 heteroatoms. The molecular weight excluding hydrogens is 214 g/mol. The third-order valence-electron chi connectivity index (χ3n) is 4.30. The van der Waals surface area contributed by atoms with Gasteiger partial charge in [-0.3, -0.25) is 4.79 Å². The Morgan fingerprint density at radius 1 is 1.35 bits per heavy atom. The molecule has 2 atom stereocenters. The highest BCUT2D eigenvalue weighted by atomic mass is 16.3. The summed E-state index contributed by atoms with van der Waals surface area (Å²) in [5.74, 6) is 0.0610. The Bertz CT molecular complexity index is 471. The Kier molecular flexibility index (Phi) is 2.26. The second-order valence-corrected chi connectivity index (χ2v) is 5.11. The molecule has 1 heterocycles. The van der Waals surface area contributed by atoms with Crippen molar-refractivity contribution in [1.29, 1.82) is 0 Å². The smallest absolute Gasteiger partial charge is 0.240 e. The van der Waals surface area contributed by atoms with Gasteiger partial charge in [0.25, 0.3) is 0 Å². The molecule has 3 rings (SSSR count). The van der Waals surface area contributed by atoms with Gasteiger partial charge >= 0.3 is 0 Å². The lowest BCUT2D eigenvalue weighted by atomic mass is 9.68. The van der Waals surface area contributed by atoms with Crippen LogP contribution < -0.4 is 4.90 Å². The third-order valence-corrected chi connectivity index (χ3v) is 4.30. The van der Waals surface area contributed by atoms with Crippen molar-refractivity contribution in [2.75, 3.05) is 11.9 Å². The zero-order valence-corrected chi connectivity index (χ0v) is 10.0. The minimum Gasteiger partial charge on any atom is -0.392 e. The van der Waals surface area contributed by atoms with Crippen molar-refractivity contribution in [2.24, 2.45) is 0 Å². The number of carbonyl (C=O) groups is 1. The standard InChI is InChI=1S/C14H17NO2/c1-15-11-7-3-2-6-10(11)14(13(15)17)9-5-4-8-12(14)16/h2-3,6-7,12,16H,4-5,8-9H2,1H3/t12-,14?/m0/s1. The molecule has 2 aliphatic rings. The molecule has 1 spiro atoms. The van der Waals surface area contributed by atoms with Crippen LogP contribution in [0.25, 0.3) is 0 Å². The lowest BCUT2D eigenvalue weighted by Crippen LogP contribution is -2.49. The number of aliphatic hydroxyl groups is 1. The normalized spacial score (nSPS) is 32.0. The molecule has 1 aromatic rings. The number of amides is 1. The number of likely N-dealkylation sites (N-methyl/N-ethyl adjacent to an activating group) is 1. The predicted molar refractivity (Wildman–Crippen MR) is 66.0 cm³/mol. The van der Waals surface area contributed by atoms with Gasteiger partial charge < -0.3 is 10.0 Å². The highest BCUT2D eigenvalue weighted by molar-refractivity contribution is 6.08. The van der Waals surface area contributed by atoms with E-state index in [-0.39, 0.29) is 5.91 Å². The maximum atomic E-state index is 12.5. The van der Waals surface area contributed by atoms with Crippen molar-refractivity contribution in [3.8, 4) is 0 Å². The molecule has 0 bridgehead atoms. The fourth-order valence-corrected chi connectivity index (χ4v) is 3.39. The van der Waals surface area contributed by atoms with Crippen molar-refractivity contribution in [1.82, 2.24) is 0 Å². The summed E-state index contributed by atoms with van der Waals surface area (Å²) in [5.41, 5.74) is 1.31. The van der Waals surface area contributed by atoms with E-state index in [1.54, 1.807) is 11.9 Å². The number of nitrogens with zero attached hydrogens (tertiary/aromatic N) is 1. The van der Waals surface area contributed by atoms with Gasteiger partial charge in [-0.25, -0.2) is 0 Å². The number of benzene rings is 1. The van der Waals surface area contributed by atoms with Crippen LogP contribution in [0.5, 0.6) is 0 Å². The molecule has 1 aromatic carbocycles. The average molecular weight is 231 g/mol. The Morgan fingerprint density at radius 3 is 2.88 bits per heavy atom. The van der Waals surface area contributed by atoms with Crippen LogP contribution in [-0.2, 0) is 10.2 Å². The van der Waals surface area contributed by atoms with Gasteiger partial charge in [0.05, 0.1) is 6.10 Å². The number of carbonyl (C=O) groups excluding carboxylic acids is 1. The molecule has 17 heavy (non-hydrogen) atoms. The number of aliphatic hydroxyl groups excluding tert-OH is 1. The molecule has 0 radical (unpaired) electrons. The minimum absolute atomic E-state index is 0.0610. The summed E-state index contributed by atoms with van der Waals surface area (Å²) < 4.78 is 0. The van der Waals surface area contributed by atoms with Crippen LogP contribution in [0.1, 0.15) is 31.2 Å². The summed E-state index contributed by atoms with van der Waals surface area (Å²) in [5, 5.41) is 10.3. The molecule has 1 saturated carbocycles. The second-order valence-electron chi connectivity index (χ2n) is 5.11.